The molecule has 1 atom stereocenters. The SMILES string of the molecule is O=C(O)C[C@H](NC(=O)OCc1ccccc1)C(=O)NCc1cccnc1. The van der Waals surface area contributed by atoms with Crippen LogP contribution in [0, 0.1) is 0 Å². The van der Waals surface area contributed by atoms with Gasteiger partial charge in [-0.25, -0.2) is 4.79 Å². The highest BCUT2D eigenvalue weighted by Gasteiger charge is 2.24. The number of alkyl carbamates (subject to hydrolysis) is 1. The van der Waals surface area contributed by atoms with Gasteiger partial charge in [0, 0.05) is 18.9 Å². The first kappa shape index (κ1) is 18.9. The molecular weight excluding hydrogens is 338 g/mol. The van der Waals surface area contributed by atoms with Crippen molar-refractivity contribution >= 4 is 18.0 Å². The summed E-state index contributed by atoms with van der Waals surface area (Å²) in [7, 11) is 0. The fourth-order valence-corrected chi connectivity index (χ4v) is 2.11. The van der Waals surface area contributed by atoms with Crippen molar-refractivity contribution in [1.82, 2.24) is 15.6 Å². The van der Waals surface area contributed by atoms with Crippen LogP contribution in [-0.4, -0.2) is 34.1 Å². The van der Waals surface area contributed by atoms with Crippen molar-refractivity contribution in [2.24, 2.45) is 0 Å². The minimum atomic E-state index is -1.24. The van der Waals surface area contributed by atoms with Crippen molar-refractivity contribution in [3.63, 3.8) is 0 Å². The fraction of sp³-hybridized carbons (Fsp3) is 0.222. The summed E-state index contributed by atoms with van der Waals surface area (Å²) in [6, 6.07) is 11.2. The number of hydrogen-bond donors (Lipinski definition) is 3. The molecule has 8 nitrogen and oxygen atoms in total. The average Bonchev–Trinajstić information content (AvgIpc) is 2.65. The Morgan fingerprint density at radius 2 is 1.81 bits per heavy atom. The number of carboxylic acid groups (broad SMARTS) is 1. The van der Waals surface area contributed by atoms with Gasteiger partial charge in [0.05, 0.1) is 6.42 Å². The number of carboxylic acids is 1. The minimum absolute atomic E-state index is 0.0176. The van der Waals surface area contributed by atoms with Crippen LogP contribution in [0.1, 0.15) is 17.5 Å². The van der Waals surface area contributed by atoms with Crippen LogP contribution >= 0.6 is 0 Å². The Labute approximate surface area is 150 Å². The highest BCUT2D eigenvalue weighted by molar-refractivity contribution is 5.89. The van der Waals surface area contributed by atoms with E-state index in [2.05, 4.69) is 15.6 Å². The second kappa shape index (κ2) is 9.77. The van der Waals surface area contributed by atoms with Gasteiger partial charge >= 0.3 is 12.1 Å². The smallest absolute Gasteiger partial charge is 0.408 e. The Morgan fingerprint density at radius 1 is 1.08 bits per heavy atom. The van der Waals surface area contributed by atoms with Crippen molar-refractivity contribution in [3.05, 3.63) is 66.0 Å². The first-order valence-corrected chi connectivity index (χ1v) is 7.90. The zero-order chi connectivity index (χ0) is 18.8. The molecule has 2 aromatic rings. The average molecular weight is 357 g/mol. The summed E-state index contributed by atoms with van der Waals surface area (Å²) in [4.78, 5) is 39.0. The monoisotopic (exact) mass is 357 g/mol. The van der Waals surface area contributed by atoms with Crippen LogP contribution in [-0.2, 0) is 27.5 Å². The largest absolute Gasteiger partial charge is 0.481 e. The number of rotatable bonds is 8. The molecule has 0 radical (unpaired) electrons. The first-order chi connectivity index (χ1) is 12.5. The quantitative estimate of drug-likeness (QED) is 0.658. The van der Waals surface area contributed by atoms with E-state index < -0.39 is 30.4 Å². The predicted molar refractivity (Wildman–Crippen MR) is 91.9 cm³/mol. The van der Waals surface area contributed by atoms with Crippen LogP contribution in [0.15, 0.2) is 54.9 Å². The van der Waals surface area contributed by atoms with Crippen LogP contribution in [0.5, 0.6) is 0 Å². The van der Waals surface area contributed by atoms with Crippen molar-refractivity contribution in [3.8, 4) is 0 Å². The second-order valence-electron chi connectivity index (χ2n) is 5.44. The van der Waals surface area contributed by atoms with Gasteiger partial charge in [0.25, 0.3) is 0 Å². The maximum absolute atomic E-state index is 12.2. The highest BCUT2D eigenvalue weighted by atomic mass is 16.5. The molecule has 0 aliphatic heterocycles. The molecule has 0 fully saturated rings. The predicted octanol–water partition coefficient (Wildman–Crippen LogP) is 1.47. The molecule has 0 aliphatic rings. The standard InChI is InChI=1S/C18H19N3O5/c22-16(23)9-15(17(24)20-11-14-7-4-8-19-10-14)21-18(25)26-12-13-5-2-1-3-6-13/h1-8,10,15H,9,11-12H2,(H,20,24)(H,21,25)(H,22,23)/t15-/m0/s1. The van der Waals surface area contributed by atoms with Gasteiger partial charge < -0.3 is 20.5 Å². The number of nitrogens with zero attached hydrogens (tertiary/aromatic N) is 1. The molecule has 1 aromatic carbocycles. The maximum atomic E-state index is 12.2. The third kappa shape index (κ3) is 6.60. The van der Waals surface area contributed by atoms with E-state index in [4.69, 9.17) is 9.84 Å². The first-order valence-electron chi connectivity index (χ1n) is 7.90. The summed E-state index contributed by atoms with van der Waals surface area (Å²) in [6.07, 6.45) is 1.76. The molecule has 0 saturated heterocycles. The zero-order valence-corrected chi connectivity index (χ0v) is 13.9. The molecule has 0 saturated carbocycles. The number of amides is 2. The van der Waals surface area contributed by atoms with Gasteiger partial charge in [-0.3, -0.25) is 14.6 Å². The molecule has 0 aliphatic carbocycles. The fourth-order valence-electron chi connectivity index (χ4n) is 2.11. The molecule has 3 N–H and O–H groups in total. The number of pyridine rings is 1. The Kier molecular flexibility index (Phi) is 7.11. The van der Waals surface area contributed by atoms with E-state index in [9.17, 15) is 14.4 Å². The van der Waals surface area contributed by atoms with Gasteiger partial charge in [0.2, 0.25) is 5.91 Å². The number of ether oxygens (including phenoxy) is 1. The lowest BCUT2D eigenvalue weighted by atomic mass is 10.2. The Morgan fingerprint density at radius 3 is 2.46 bits per heavy atom. The van der Waals surface area contributed by atoms with Crippen LogP contribution in [0.3, 0.4) is 0 Å². The van der Waals surface area contributed by atoms with Crippen molar-refractivity contribution in [2.75, 3.05) is 0 Å². The summed E-state index contributed by atoms with van der Waals surface area (Å²) in [5, 5.41) is 13.8. The summed E-state index contributed by atoms with van der Waals surface area (Å²) in [5.41, 5.74) is 1.53. The van der Waals surface area contributed by atoms with E-state index >= 15 is 0 Å². The number of nitrogens with one attached hydrogen (secondary N) is 2. The molecule has 136 valence electrons. The molecule has 1 aromatic heterocycles. The van der Waals surface area contributed by atoms with Gasteiger partial charge in [-0.05, 0) is 17.2 Å². The van der Waals surface area contributed by atoms with E-state index in [0.717, 1.165) is 11.1 Å². The lowest BCUT2D eigenvalue weighted by molar-refractivity contribution is -0.139. The van der Waals surface area contributed by atoms with E-state index in [1.54, 1.807) is 48.8 Å². The molecule has 0 unspecified atom stereocenters. The van der Waals surface area contributed by atoms with E-state index in [1.165, 1.54) is 0 Å². The molecule has 1 heterocycles. The third-order valence-corrected chi connectivity index (χ3v) is 3.39. The molecule has 0 bridgehead atoms. The Hall–Kier alpha value is -3.42. The Balaban J connectivity index is 1.87. The number of aliphatic carboxylic acids is 1. The summed E-state index contributed by atoms with van der Waals surface area (Å²) in [5.74, 6) is -1.83. The van der Waals surface area contributed by atoms with Gasteiger partial charge in [-0.2, -0.15) is 0 Å². The summed E-state index contributed by atoms with van der Waals surface area (Å²) in [6.45, 7) is 0.188. The zero-order valence-electron chi connectivity index (χ0n) is 13.9. The second-order valence-corrected chi connectivity index (χ2v) is 5.44. The van der Waals surface area contributed by atoms with E-state index in [-0.39, 0.29) is 13.2 Å². The van der Waals surface area contributed by atoms with Crippen molar-refractivity contribution in [2.45, 2.75) is 25.6 Å². The lowest BCUT2D eigenvalue weighted by Gasteiger charge is -2.16. The maximum Gasteiger partial charge on any atom is 0.408 e. The number of aromatic nitrogens is 1. The third-order valence-electron chi connectivity index (χ3n) is 3.39. The topological polar surface area (TPSA) is 118 Å². The van der Waals surface area contributed by atoms with Crippen molar-refractivity contribution < 1.29 is 24.2 Å². The molecule has 2 rings (SSSR count). The molecule has 0 spiro atoms. The van der Waals surface area contributed by atoms with Gasteiger partial charge in [0.15, 0.2) is 0 Å². The number of carbonyl (C=O) groups is 3. The summed E-state index contributed by atoms with van der Waals surface area (Å²) >= 11 is 0. The van der Waals surface area contributed by atoms with Gasteiger partial charge in [0.1, 0.15) is 12.6 Å². The van der Waals surface area contributed by atoms with Crippen LogP contribution in [0.25, 0.3) is 0 Å². The van der Waals surface area contributed by atoms with Gasteiger partial charge in [-0.15, -0.1) is 0 Å². The van der Waals surface area contributed by atoms with Crippen LogP contribution < -0.4 is 10.6 Å². The molecule has 8 heteroatoms. The summed E-state index contributed by atoms with van der Waals surface area (Å²) < 4.78 is 5.02. The van der Waals surface area contributed by atoms with E-state index in [0.29, 0.717) is 0 Å². The van der Waals surface area contributed by atoms with Gasteiger partial charge in [-0.1, -0.05) is 36.4 Å². The van der Waals surface area contributed by atoms with E-state index in [1.807, 2.05) is 6.07 Å². The van der Waals surface area contributed by atoms with Crippen molar-refractivity contribution in [1.29, 1.82) is 0 Å². The lowest BCUT2D eigenvalue weighted by Crippen LogP contribution is -2.47. The molecule has 2 amide bonds. The molecular formula is C18H19N3O5. The number of benzene rings is 1. The molecule has 26 heavy (non-hydrogen) atoms. The number of hydrogen-bond acceptors (Lipinski definition) is 5. The van der Waals surface area contributed by atoms with Crippen LogP contribution in [0.2, 0.25) is 0 Å². The number of carbonyl (C=O) groups excluding carboxylic acids is 2. The normalized spacial score (nSPS) is 11.2. The minimum Gasteiger partial charge on any atom is -0.481 e. The van der Waals surface area contributed by atoms with Crippen LogP contribution in [0.4, 0.5) is 4.79 Å². The Bertz CT molecular complexity index is 737. The highest BCUT2D eigenvalue weighted by Crippen LogP contribution is 2.02.